The van der Waals surface area contributed by atoms with Gasteiger partial charge in [-0.3, -0.25) is 4.79 Å². The number of anilines is 2. The number of carboxylic acids is 1. The van der Waals surface area contributed by atoms with Crippen molar-refractivity contribution in [2.75, 3.05) is 36.9 Å². The lowest BCUT2D eigenvalue weighted by atomic mass is 9.76. The van der Waals surface area contributed by atoms with E-state index in [1.54, 1.807) is 13.0 Å². The largest absolute Gasteiger partial charge is 0.480 e. The van der Waals surface area contributed by atoms with Gasteiger partial charge in [0.05, 0.1) is 23.6 Å². The first-order valence-corrected chi connectivity index (χ1v) is 14.3. The molecule has 2 atom stereocenters. The Morgan fingerprint density at radius 2 is 1.95 bits per heavy atom. The Morgan fingerprint density at radius 1 is 1.20 bits per heavy atom. The molecule has 1 spiro atoms. The third-order valence-corrected chi connectivity index (χ3v) is 8.00. The van der Waals surface area contributed by atoms with Crippen LogP contribution in [0.2, 0.25) is 0 Å². The van der Waals surface area contributed by atoms with E-state index in [0.29, 0.717) is 56.8 Å². The summed E-state index contributed by atoms with van der Waals surface area (Å²) in [6.07, 6.45) is -3.45. The summed E-state index contributed by atoms with van der Waals surface area (Å²) < 4.78 is 55.9. The number of benzene rings is 1. The van der Waals surface area contributed by atoms with Gasteiger partial charge in [0, 0.05) is 37.5 Å². The van der Waals surface area contributed by atoms with Gasteiger partial charge >= 0.3 is 18.1 Å². The van der Waals surface area contributed by atoms with E-state index in [1.165, 1.54) is 35.1 Å². The highest BCUT2D eigenvalue weighted by molar-refractivity contribution is 5.90. The maximum Gasteiger partial charge on any atom is 0.429 e. The molecule has 2 fully saturated rings. The van der Waals surface area contributed by atoms with Crippen molar-refractivity contribution < 1.29 is 37.3 Å². The number of carboxylic acid groups (broad SMARTS) is 1. The van der Waals surface area contributed by atoms with E-state index in [0.717, 1.165) is 0 Å². The number of nitrogen functional groups attached to an aromatic ring is 1. The highest BCUT2D eigenvalue weighted by Gasteiger charge is 2.46. The number of aryl methyl sites for hydroxylation is 1. The summed E-state index contributed by atoms with van der Waals surface area (Å²) in [5, 5.41) is 16.7. The monoisotopic (exact) mass is 617 g/mol. The summed E-state index contributed by atoms with van der Waals surface area (Å²) in [5.74, 6) is -1.88. The Kier molecular flexibility index (Phi) is 8.68. The summed E-state index contributed by atoms with van der Waals surface area (Å²) in [6, 6.07) is 6.06. The Labute approximate surface area is 251 Å². The van der Waals surface area contributed by atoms with E-state index >= 15 is 0 Å². The number of carbonyl (C=O) groups excluding carboxylic acids is 1. The number of halogens is 3. The summed E-state index contributed by atoms with van der Waals surface area (Å²) in [7, 11) is 0. The Bertz CT molecular complexity index is 1520. The highest BCUT2D eigenvalue weighted by Crippen LogP contribution is 2.42. The predicted octanol–water partition coefficient (Wildman–Crippen LogP) is 3.84. The molecule has 2 aliphatic heterocycles. The lowest BCUT2D eigenvalue weighted by Gasteiger charge is -2.39. The second-order valence-electron chi connectivity index (χ2n) is 11.2. The summed E-state index contributed by atoms with van der Waals surface area (Å²) in [5.41, 5.74) is 6.06. The van der Waals surface area contributed by atoms with E-state index in [9.17, 15) is 27.9 Å². The van der Waals surface area contributed by atoms with Crippen LogP contribution in [0.4, 0.5) is 24.9 Å². The van der Waals surface area contributed by atoms with Gasteiger partial charge in [0.1, 0.15) is 11.9 Å². The second kappa shape index (κ2) is 12.3. The lowest BCUT2D eigenvalue weighted by Crippen LogP contribution is -2.41. The number of aliphatic carboxylic acids is 1. The van der Waals surface area contributed by atoms with Crippen molar-refractivity contribution in [1.29, 1.82) is 0 Å². The Balaban J connectivity index is 1.43. The molecule has 3 aromatic rings. The third-order valence-electron chi connectivity index (χ3n) is 8.00. The topological polar surface area (TPSA) is 158 Å². The van der Waals surface area contributed by atoms with Crippen LogP contribution in [-0.2, 0) is 9.53 Å². The first-order valence-electron chi connectivity index (χ1n) is 14.3. The maximum absolute atomic E-state index is 14.7. The van der Waals surface area contributed by atoms with Crippen molar-refractivity contribution in [2.24, 2.45) is 5.41 Å². The van der Waals surface area contributed by atoms with Crippen molar-refractivity contribution in [3.05, 3.63) is 53.3 Å². The van der Waals surface area contributed by atoms with Gasteiger partial charge in [0.15, 0.2) is 0 Å². The van der Waals surface area contributed by atoms with Crippen molar-refractivity contribution in [1.82, 2.24) is 25.1 Å². The van der Waals surface area contributed by atoms with Gasteiger partial charge in [-0.05, 0) is 56.2 Å². The van der Waals surface area contributed by atoms with Gasteiger partial charge < -0.3 is 30.5 Å². The van der Waals surface area contributed by atoms with E-state index in [2.05, 4.69) is 20.4 Å². The van der Waals surface area contributed by atoms with Crippen LogP contribution in [0.15, 0.2) is 36.5 Å². The minimum atomic E-state index is -4.89. The molecule has 2 aliphatic rings. The molecule has 0 saturated carbocycles. The molecule has 5 rings (SSSR count). The fourth-order valence-corrected chi connectivity index (χ4v) is 5.68. The molecule has 44 heavy (non-hydrogen) atoms. The molecule has 12 nitrogen and oxygen atoms in total. The number of nitrogens with two attached hydrogens (primary N) is 1. The number of nitrogens with zero attached hydrogens (tertiary/aromatic N) is 5. The number of piperidine rings is 1. The molecule has 0 bridgehead atoms. The fraction of sp³-hybridized carbons (Fsp3) is 0.483. The Morgan fingerprint density at radius 3 is 2.57 bits per heavy atom. The first kappa shape index (κ1) is 31.0. The molecular weight excluding hydrogens is 583 g/mol. The zero-order chi connectivity index (χ0) is 31.6. The molecule has 4 N–H and O–H groups in total. The number of aromatic nitrogens is 4. The van der Waals surface area contributed by atoms with Crippen LogP contribution in [0.5, 0.6) is 5.88 Å². The number of ether oxygens (including phenoxy) is 2. The number of alkyl halides is 3. The van der Waals surface area contributed by atoms with E-state index in [1.807, 2.05) is 11.8 Å². The molecule has 0 amide bonds. The van der Waals surface area contributed by atoms with Crippen molar-refractivity contribution >= 4 is 23.7 Å². The molecule has 0 aliphatic carbocycles. The summed E-state index contributed by atoms with van der Waals surface area (Å²) in [4.78, 5) is 34.0. The normalized spacial score (nSPS) is 18.8. The van der Waals surface area contributed by atoms with Crippen LogP contribution in [0, 0.1) is 12.3 Å². The smallest absolute Gasteiger partial charge is 0.429 e. The minimum Gasteiger partial charge on any atom is -0.480 e. The number of rotatable bonds is 9. The number of hydrogen-bond acceptors (Lipinski definition) is 10. The number of esters is 1. The van der Waals surface area contributed by atoms with Crippen LogP contribution in [0.25, 0.3) is 5.69 Å². The van der Waals surface area contributed by atoms with Crippen LogP contribution in [0.1, 0.15) is 60.3 Å². The van der Waals surface area contributed by atoms with Crippen LogP contribution in [-0.4, -0.2) is 75.3 Å². The second-order valence-corrected chi connectivity index (χ2v) is 11.2. The molecule has 4 heterocycles. The maximum atomic E-state index is 14.7. The molecule has 1 aromatic carbocycles. The third kappa shape index (κ3) is 6.72. The standard InChI is InChI=1S/C29H34F3N7O5/c1-3-12-43-26(42)18-4-5-19(21(13-18)39-9-6-17(2)37-39)24(29(30,31)32)44-23-14-22(35-27(33)36-23)38-10-7-28(8-11-38)15-20(25(40)41)34-16-28/h4-6,9,13-14,20,24,34H,3,7-8,10-12,15-16H2,1-2H3,(H,40,41)(H2,33,35,36)/t20?,24-/m1/s1. The zero-order valence-corrected chi connectivity index (χ0v) is 24.3. The molecule has 236 valence electrons. The molecule has 2 saturated heterocycles. The molecule has 0 radical (unpaired) electrons. The SMILES string of the molecule is CCCOC(=O)c1ccc([C@@H](Oc2cc(N3CCC4(CC3)CNC(C(=O)O)C4)nc(N)n2)C(F)(F)F)c(-n2ccc(C)n2)c1. The lowest BCUT2D eigenvalue weighted by molar-refractivity contribution is -0.198. The predicted molar refractivity (Wildman–Crippen MR) is 153 cm³/mol. The Hall–Kier alpha value is -4.40. The summed E-state index contributed by atoms with van der Waals surface area (Å²) >= 11 is 0. The fourth-order valence-electron chi connectivity index (χ4n) is 5.68. The van der Waals surface area contributed by atoms with Gasteiger partial charge in [-0.25, -0.2) is 9.48 Å². The van der Waals surface area contributed by atoms with Crippen LogP contribution in [0.3, 0.4) is 0 Å². The van der Waals surface area contributed by atoms with Crippen LogP contribution >= 0.6 is 0 Å². The zero-order valence-electron chi connectivity index (χ0n) is 24.3. The van der Waals surface area contributed by atoms with E-state index in [4.69, 9.17) is 15.2 Å². The molecule has 2 aromatic heterocycles. The van der Waals surface area contributed by atoms with Gasteiger partial charge in [0.2, 0.25) is 17.9 Å². The molecule has 1 unspecified atom stereocenters. The number of nitrogens with one attached hydrogen (secondary N) is 1. The minimum absolute atomic E-state index is 0.0141. The van der Waals surface area contributed by atoms with Crippen molar-refractivity contribution in [3.63, 3.8) is 0 Å². The highest BCUT2D eigenvalue weighted by atomic mass is 19.4. The van der Waals surface area contributed by atoms with Crippen molar-refractivity contribution in [3.8, 4) is 11.6 Å². The average Bonchev–Trinajstić information content (AvgIpc) is 3.60. The average molecular weight is 618 g/mol. The van der Waals surface area contributed by atoms with Gasteiger partial charge in [-0.15, -0.1) is 0 Å². The van der Waals surface area contributed by atoms with Crippen molar-refractivity contribution in [2.45, 2.75) is 57.9 Å². The van der Waals surface area contributed by atoms with Gasteiger partial charge in [-0.1, -0.05) is 13.0 Å². The van der Waals surface area contributed by atoms with E-state index < -0.39 is 30.3 Å². The molecular formula is C29H34F3N7O5. The van der Waals surface area contributed by atoms with E-state index in [-0.39, 0.29) is 40.7 Å². The first-order chi connectivity index (χ1) is 20.9. The van der Waals surface area contributed by atoms with Crippen LogP contribution < -0.4 is 20.7 Å². The number of hydrogen-bond donors (Lipinski definition) is 3. The molecule has 15 heteroatoms. The summed E-state index contributed by atoms with van der Waals surface area (Å²) in [6.45, 7) is 5.28. The van der Waals surface area contributed by atoms with Gasteiger partial charge in [-0.2, -0.15) is 28.2 Å². The number of carbonyl (C=O) groups is 2. The quantitative estimate of drug-likeness (QED) is 0.300. The van der Waals surface area contributed by atoms with Gasteiger partial charge in [0.25, 0.3) is 0 Å².